The summed E-state index contributed by atoms with van der Waals surface area (Å²) >= 11 is 0. The van der Waals surface area contributed by atoms with Gasteiger partial charge in [0.1, 0.15) is 6.04 Å². The standard InChI is InChI=1S/C14H25N3O5/c1-7(2)10(15)13(20)17-6-4-5-9(17)12(19)16-11(8(3)18)14(21)22/h7-11,18H,4-6,15H2,1-3H3,(H,16,19)(H,21,22)/t8-,9+,10+,11+/m1/s1. The van der Waals surface area contributed by atoms with Crippen molar-refractivity contribution >= 4 is 17.8 Å². The number of aliphatic hydroxyl groups is 1. The number of nitrogens with zero attached hydrogens (tertiary/aromatic N) is 1. The van der Waals surface area contributed by atoms with Gasteiger partial charge in [-0.15, -0.1) is 0 Å². The van der Waals surface area contributed by atoms with Gasteiger partial charge in [0.25, 0.3) is 0 Å². The highest BCUT2D eigenvalue weighted by molar-refractivity contribution is 5.92. The van der Waals surface area contributed by atoms with Crippen molar-refractivity contribution in [1.29, 1.82) is 0 Å². The van der Waals surface area contributed by atoms with Crippen LogP contribution < -0.4 is 11.1 Å². The lowest BCUT2D eigenvalue weighted by molar-refractivity contribution is -0.146. The van der Waals surface area contributed by atoms with Gasteiger partial charge >= 0.3 is 5.97 Å². The molecule has 1 heterocycles. The van der Waals surface area contributed by atoms with E-state index in [9.17, 15) is 19.5 Å². The van der Waals surface area contributed by atoms with Crippen LogP contribution in [0.3, 0.4) is 0 Å². The van der Waals surface area contributed by atoms with E-state index in [1.54, 1.807) is 0 Å². The third-order valence-electron chi connectivity index (χ3n) is 3.89. The summed E-state index contributed by atoms with van der Waals surface area (Å²) in [6.45, 7) is 5.35. The molecule has 0 aromatic heterocycles. The van der Waals surface area contributed by atoms with E-state index in [1.807, 2.05) is 13.8 Å². The van der Waals surface area contributed by atoms with Gasteiger partial charge in [0.15, 0.2) is 6.04 Å². The molecule has 8 nitrogen and oxygen atoms in total. The lowest BCUT2D eigenvalue weighted by Crippen LogP contribution is -2.56. The number of nitrogens with two attached hydrogens (primary N) is 1. The molecule has 1 aliphatic rings. The monoisotopic (exact) mass is 315 g/mol. The van der Waals surface area contributed by atoms with Gasteiger partial charge in [-0.2, -0.15) is 0 Å². The summed E-state index contributed by atoms with van der Waals surface area (Å²) in [5.41, 5.74) is 5.84. The Labute approximate surface area is 129 Å². The second kappa shape index (κ2) is 7.55. The molecule has 4 atom stereocenters. The molecule has 0 radical (unpaired) electrons. The number of aliphatic hydroxyl groups excluding tert-OH is 1. The van der Waals surface area contributed by atoms with Crippen LogP contribution in [-0.4, -0.2) is 63.7 Å². The SMILES string of the molecule is CC(C)[C@H](N)C(=O)N1CCC[C@H]1C(=O)N[C@H](C(=O)O)[C@@H](C)O. The minimum absolute atomic E-state index is 0.0546. The van der Waals surface area contributed by atoms with Crippen molar-refractivity contribution in [3.8, 4) is 0 Å². The summed E-state index contributed by atoms with van der Waals surface area (Å²) in [5, 5.41) is 20.7. The first-order valence-electron chi connectivity index (χ1n) is 7.44. The van der Waals surface area contributed by atoms with Gasteiger partial charge in [-0.05, 0) is 25.7 Å². The Hall–Kier alpha value is -1.67. The molecule has 22 heavy (non-hydrogen) atoms. The molecule has 0 aromatic rings. The third kappa shape index (κ3) is 4.17. The van der Waals surface area contributed by atoms with E-state index in [1.165, 1.54) is 11.8 Å². The van der Waals surface area contributed by atoms with Crippen molar-refractivity contribution in [2.24, 2.45) is 11.7 Å². The van der Waals surface area contributed by atoms with E-state index in [2.05, 4.69) is 5.32 Å². The summed E-state index contributed by atoms with van der Waals surface area (Å²) < 4.78 is 0. The van der Waals surface area contributed by atoms with Gasteiger partial charge in [0, 0.05) is 6.54 Å². The second-order valence-electron chi connectivity index (χ2n) is 6.02. The predicted molar refractivity (Wildman–Crippen MR) is 78.8 cm³/mol. The molecule has 1 aliphatic heterocycles. The fourth-order valence-electron chi connectivity index (χ4n) is 2.42. The molecular weight excluding hydrogens is 290 g/mol. The van der Waals surface area contributed by atoms with Crippen LogP contribution in [0, 0.1) is 5.92 Å². The fourth-order valence-corrected chi connectivity index (χ4v) is 2.42. The molecule has 0 spiro atoms. The van der Waals surface area contributed by atoms with E-state index in [4.69, 9.17) is 10.8 Å². The summed E-state index contributed by atoms with van der Waals surface area (Å²) in [4.78, 5) is 37.0. The Morgan fingerprint density at radius 1 is 1.27 bits per heavy atom. The lowest BCUT2D eigenvalue weighted by atomic mass is 10.0. The highest BCUT2D eigenvalue weighted by Crippen LogP contribution is 2.20. The summed E-state index contributed by atoms with van der Waals surface area (Å²) in [6.07, 6.45) is -0.125. The van der Waals surface area contributed by atoms with Crippen LogP contribution in [0.4, 0.5) is 0 Å². The summed E-state index contributed by atoms with van der Waals surface area (Å²) in [7, 11) is 0. The van der Waals surface area contributed by atoms with Crippen LogP contribution in [-0.2, 0) is 14.4 Å². The smallest absolute Gasteiger partial charge is 0.328 e. The normalized spacial score (nSPS) is 22.3. The van der Waals surface area contributed by atoms with Crippen molar-refractivity contribution in [1.82, 2.24) is 10.2 Å². The fraction of sp³-hybridized carbons (Fsp3) is 0.786. The van der Waals surface area contributed by atoms with Crippen LogP contribution in [0.2, 0.25) is 0 Å². The van der Waals surface area contributed by atoms with E-state index in [0.29, 0.717) is 19.4 Å². The van der Waals surface area contributed by atoms with Crippen molar-refractivity contribution in [3.05, 3.63) is 0 Å². The highest BCUT2D eigenvalue weighted by atomic mass is 16.4. The van der Waals surface area contributed by atoms with Crippen molar-refractivity contribution < 1.29 is 24.6 Å². The van der Waals surface area contributed by atoms with Crippen LogP contribution in [0.15, 0.2) is 0 Å². The maximum absolute atomic E-state index is 12.3. The average Bonchev–Trinajstić information content (AvgIpc) is 2.91. The van der Waals surface area contributed by atoms with Crippen molar-refractivity contribution in [2.45, 2.75) is 57.8 Å². The molecule has 8 heteroatoms. The van der Waals surface area contributed by atoms with Crippen LogP contribution in [0.5, 0.6) is 0 Å². The number of carboxylic acids is 1. The van der Waals surface area contributed by atoms with Crippen LogP contribution >= 0.6 is 0 Å². The van der Waals surface area contributed by atoms with E-state index >= 15 is 0 Å². The first kappa shape index (κ1) is 18.4. The highest BCUT2D eigenvalue weighted by Gasteiger charge is 2.38. The van der Waals surface area contributed by atoms with E-state index in [0.717, 1.165) is 0 Å². The molecule has 0 aliphatic carbocycles. The third-order valence-corrected chi connectivity index (χ3v) is 3.89. The number of carbonyl (C=O) groups excluding carboxylic acids is 2. The Morgan fingerprint density at radius 3 is 2.32 bits per heavy atom. The van der Waals surface area contributed by atoms with Crippen molar-refractivity contribution in [2.75, 3.05) is 6.54 Å². The molecule has 1 fully saturated rings. The molecule has 5 N–H and O–H groups in total. The summed E-state index contributed by atoms with van der Waals surface area (Å²) in [6, 6.07) is -2.83. The zero-order chi connectivity index (χ0) is 17.0. The van der Waals surface area contributed by atoms with E-state index < -0.39 is 36.1 Å². The molecule has 2 amide bonds. The minimum atomic E-state index is -1.40. The molecule has 0 saturated carbocycles. The van der Waals surface area contributed by atoms with Gasteiger partial charge < -0.3 is 26.2 Å². The number of hydrogen-bond donors (Lipinski definition) is 4. The first-order chi connectivity index (χ1) is 10.2. The Kier molecular flexibility index (Phi) is 6.31. The quantitative estimate of drug-likeness (QED) is 0.492. The maximum atomic E-state index is 12.3. The number of hydrogen-bond acceptors (Lipinski definition) is 5. The molecular formula is C14H25N3O5. The number of aliphatic carboxylic acids is 1. The number of likely N-dealkylation sites (tertiary alicyclic amines) is 1. The Balaban J connectivity index is 2.79. The van der Waals surface area contributed by atoms with E-state index in [-0.39, 0.29) is 11.8 Å². The molecule has 0 aromatic carbocycles. The molecule has 0 unspecified atom stereocenters. The largest absolute Gasteiger partial charge is 0.480 e. The first-order valence-corrected chi connectivity index (χ1v) is 7.44. The lowest BCUT2D eigenvalue weighted by Gasteiger charge is -2.29. The Morgan fingerprint density at radius 2 is 1.86 bits per heavy atom. The number of rotatable bonds is 6. The molecule has 0 bridgehead atoms. The summed E-state index contributed by atoms with van der Waals surface area (Å²) in [5.74, 6) is -2.26. The Bertz CT molecular complexity index is 438. The van der Waals surface area contributed by atoms with Gasteiger partial charge in [-0.25, -0.2) is 4.79 Å². The second-order valence-corrected chi connectivity index (χ2v) is 6.02. The van der Waals surface area contributed by atoms with Gasteiger partial charge in [0.2, 0.25) is 11.8 Å². The van der Waals surface area contributed by atoms with Crippen LogP contribution in [0.25, 0.3) is 0 Å². The molecule has 1 rings (SSSR count). The topological polar surface area (TPSA) is 133 Å². The maximum Gasteiger partial charge on any atom is 0.328 e. The number of carboxylic acid groups (broad SMARTS) is 1. The van der Waals surface area contributed by atoms with Gasteiger partial charge in [-0.1, -0.05) is 13.8 Å². The zero-order valence-corrected chi connectivity index (χ0v) is 13.2. The average molecular weight is 315 g/mol. The molecule has 1 saturated heterocycles. The number of nitrogens with one attached hydrogen (secondary N) is 1. The number of amides is 2. The van der Waals surface area contributed by atoms with Gasteiger partial charge in [-0.3, -0.25) is 9.59 Å². The van der Waals surface area contributed by atoms with Gasteiger partial charge in [0.05, 0.1) is 12.1 Å². The van der Waals surface area contributed by atoms with Crippen LogP contribution in [0.1, 0.15) is 33.6 Å². The molecule has 126 valence electrons. The van der Waals surface area contributed by atoms with Crippen molar-refractivity contribution in [3.63, 3.8) is 0 Å². The number of carbonyl (C=O) groups is 3. The zero-order valence-electron chi connectivity index (χ0n) is 13.2. The minimum Gasteiger partial charge on any atom is -0.480 e. The predicted octanol–water partition coefficient (Wildman–Crippen LogP) is -1.09.